The summed E-state index contributed by atoms with van der Waals surface area (Å²) in [5.41, 5.74) is 0. The van der Waals surface area contributed by atoms with Crippen molar-refractivity contribution in [2.24, 2.45) is 0 Å². The smallest absolute Gasteiger partial charge is 0.124 e. The Bertz CT molecular complexity index is 842. The van der Waals surface area contributed by atoms with Crippen LogP contribution in [0.2, 0.25) is 0 Å². The predicted octanol–water partition coefficient (Wildman–Crippen LogP) is 3.55. The fourth-order valence-electron chi connectivity index (χ4n) is 4.50. The molecule has 8 nitrogen and oxygen atoms in total. The van der Waals surface area contributed by atoms with E-state index in [1.165, 1.54) is 99.6 Å². The highest BCUT2D eigenvalue weighted by Gasteiger charge is 2.26. The Hall–Kier alpha value is -1.04. The van der Waals surface area contributed by atoms with Gasteiger partial charge in [-0.05, 0) is 37.1 Å². The Morgan fingerprint density at radius 3 is 1.12 bits per heavy atom. The molecule has 0 spiro atoms. The van der Waals surface area contributed by atoms with Crippen molar-refractivity contribution in [1.82, 2.24) is 0 Å². The fraction of sp³-hybridized carbons (Fsp3) is 0.750. The van der Waals surface area contributed by atoms with E-state index in [0.29, 0.717) is 0 Å². The maximum Gasteiger partial charge on any atom is 0.124 e. The van der Waals surface area contributed by atoms with Gasteiger partial charge >= 0.3 is 0 Å². The summed E-state index contributed by atoms with van der Waals surface area (Å²) in [7, 11) is -4.41. The number of rotatable bonds is 8. The van der Waals surface area contributed by atoms with Crippen LogP contribution in [0, 0.1) is 0 Å². The van der Waals surface area contributed by atoms with Gasteiger partial charge in [0.15, 0.2) is 0 Å². The number of hydrogen-bond acceptors (Lipinski definition) is 6. The van der Waals surface area contributed by atoms with Crippen LogP contribution in [0.5, 0.6) is 0 Å². The van der Waals surface area contributed by atoms with Crippen LogP contribution >= 0.6 is 0 Å². The van der Waals surface area contributed by atoms with Crippen LogP contribution in [-0.2, 0) is 20.2 Å². The van der Waals surface area contributed by atoms with Crippen molar-refractivity contribution in [3.05, 3.63) is 24.3 Å². The van der Waals surface area contributed by atoms with Gasteiger partial charge in [-0.25, -0.2) is 16.8 Å². The summed E-state index contributed by atoms with van der Waals surface area (Å²) in [6.45, 7) is 13.1. The Morgan fingerprint density at radius 1 is 0.647 bits per heavy atom. The molecule has 0 aromatic heterocycles. The fourth-order valence-corrected chi connectivity index (χ4v) is 5.44. The molecule has 10 heteroatoms. The van der Waals surface area contributed by atoms with E-state index in [0.717, 1.165) is 24.3 Å². The summed E-state index contributed by atoms with van der Waals surface area (Å²) in [6, 6.07) is 3.08. The summed E-state index contributed by atoms with van der Waals surface area (Å²) in [6.07, 6.45) is 11.4. The molecule has 0 atom stereocenters. The van der Waals surface area contributed by atoms with Gasteiger partial charge in [0.2, 0.25) is 0 Å². The lowest BCUT2D eigenvalue weighted by molar-refractivity contribution is -0.897. The Balaban J connectivity index is 0.000000261. The van der Waals surface area contributed by atoms with E-state index in [-0.39, 0.29) is 0 Å². The van der Waals surface area contributed by atoms with Gasteiger partial charge in [0, 0.05) is 25.7 Å². The molecule has 34 heavy (non-hydrogen) atoms. The zero-order valence-electron chi connectivity index (χ0n) is 21.4. The first-order chi connectivity index (χ1) is 15.7. The largest absolute Gasteiger partial charge is 0.744 e. The van der Waals surface area contributed by atoms with Crippen molar-refractivity contribution in [3.63, 3.8) is 0 Å². The van der Waals surface area contributed by atoms with E-state index < -0.39 is 30.0 Å². The standard InChI is InChI=1S/2C9H20N.C6H6O6S2/c2*1-3-4-7-10(2)8-5-6-9-10;7-13(8,9)5-1-2-6(4-3-5)14(10,11)12/h2*3-9H2,1-2H3;1-4H,(H,7,8,9)(H,10,11,12)/q2*+1;/p-2. The number of benzene rings is 1. The van der Waals surface area contributed by atoms with Crippen molar-refractivity contribution in [3.8, 4) is 0 Å². The molecular formula is C24H44N2O6S2. The second kappa shape index (κ2) is 13.9. The molecule has 0 unspecified atom stereocenters. The van der Waals surface area contributed by atoms with Gasteiger partial charge in [0.05, 0.1) is 63.2 Å². The van der Waals surface area contributed by atoms with Crippen LogP contribution in [0.4, 0.5) is 0 Å². The van der Waals surface area contributed by atoms with Crippen LogP contribution in [0.3, 0.4) is 0 Å². The second-order valence-corrected chi connectivity index (χ2v) is 12.8. The number of unbranched alkanes of at least 4 members (excludes halogenated alkanes) is 2. The first kappa shape index (κ1) is 31.0. The summed E-state index contributed by atoms with van der Waals surface area (Å²) in [5, 5.41) is 0. The molecule has 198 valence electrons. The van der Waals surface area contributed by atoms with Gasteiger partial charge in [-0.1, -0.05) is 26.7 Å². The first-order valence-corrected chi connectivity index (χ1v) is 15.3. The molecule has 2 fully saturated rings. The third-order valence-corrected chi connectivity index (χ3v) is 8.49. The molecule has 0 amide bonds. The van der Waals surface area contributed by atoms with Crippen LogP contribution in [-0.4, -0.2) is 88.3 Å². The molecule has 0 radical (unpaired) electrons. The van der Waals surface area contributed by atoms with Gasteiger partial charge < -0.3 is 18.1 Å². The van der Waals surface area contributed by atoms with Crippen LogP contribution < -0.4 is 0 Å². The SMILES string of the molecule is CCCC[N+]1(C)CCCC1.CCCC[N+]1(C)CCCC1.O=S(=O)([O-])c1ccc(S(=O)(=O)[O-])cc1. The molecule has 0 bridgehead atoms. The summed E-state index contributed by atoms with van der Waals surface area (Å²) >= 11 is 0. The number of quaternary nitrogens is 2. The molecule has 0 saturated carbocycles. The van der Waals surface area contributed by atoms with Gasteiger partial charge in [0.1, 0.15) is 20.2 Å². The third kappa shape index (κ3) is 11.6. The molecular weight excluding hydrogens is 476 g/mol. The minimum absolute atomic E-state index is 0.579. The van der Waals surface area contributed by atoms with Crippen molar-refractivity contribution in [2.75, 3.05) is 53.4 Å². The van der Waals surface area contributed by atoms with Gasteiger partial charge in [0.25, 0.3) is 0 Å². The molecule has 2 saturated heterocycles. The van der Waals surface area contributed by atoms with Crippen molar-refractivity contribution < 1.29 is 34.9 Å². The minimum Gasteiger partial charge on any atom is -0.744 e. The highest BCUT2D eigenvalue weighted by atomic mass is 32.2. The number of likely N-dealkylation sites (tertiary alicyclic amines) is 2. The maximum atomic E-state index is 10.4. The van der Waals surface area contributed by atoms with Crippen molar-refractivity contribution in [1.29, 1.82) is 0 Å². The van der Waals surface area contributed by atoms with Crippen LogP contribution in [0.1, 0.15) is 65.2 Å². The normalized spacial score (nSPS) is 19.0. The van der Waals surface area contributed by atoms with E-state index in [4.69, 9.17) is 0 Å². The van der Waals surface area contributed by atoms with E-state index in [1.54, 1.807) is 0 Å². The average Bonchev–Trinajstić information content (AvgIpc) is 3.40. The summed E-state index contributed by atoms with van der Waals surface area (Å²) in [5.74, 6) is 0. The molecule has 0 N–H and O–H groups in total. The Morgan fingerprint density at radius 2 is 0.912 bits per heavy atom. The van der Waals surface area contributed by atoms with Gasteiger partial charge in [-0.15, -0.1) is 0 Å². The monoisotopic (exact) mass is 520 g/mol. The second-order valence-electron chi connectivity index (χ2n) is 10.1. The van der Waals surface area contributed by atoms with Gasteiger partial charge in [-0.2, -0.15) is 0 Å². The molecule has 3 rings (SSSR count). The molecule has 2 heterocycles. The zero-order valence-corrected chi connectivity index (χ0v) is 23.0. The van der Waals surface area contributed by atoms with E-state index >= 15 is 0 Å². The van der Waals surface area contributed by atoms with E-state index in [2.05, 4.69) is 27.9 Å². The number of hydrogen-bond donors (Lipinski definition) is 0. The van der Waals surface area contributed by atoms with Crippen LogP contribution in [0.15, 0.2) is 34.1 Å². The van der Waals surface area contributed by atoms with Crippen molar-refractivity contribution >= 4 is 20.2 Å². The van der Waals surface area contributed by atoms with Gasteiger partial charge in [-0.3, -0.25) is 0 Å². The van der Waals surface area contributed by atoms with Crippen molar-refractivity contribution in [2.45, 2.75) is 75.0 Å². The average molecular weight is 521 g/mol. The molecule has 1 aromatic carbocycles. The molecule has 1 aromatic rings. The Kier molecular flexibility index (Phi) is 12.7. The van der Waals surface area contributed by atoms with Crippen LogP contribution in [0.25, 0.3) is 0 Å². The highest BCUT2D eigenvalue weighted by Crippen LogP contribution is 2.18. The topological polar surface area (TPSA) is 114 Å². The summed E-state index contributed by atoms with van der Waals surface area (Å²) in [4.78, 5) is -1.16. The lowest BCUT2D eigenvalue weighted by Gasteiger charge is -2.28. The molecule has 2 aliphatic heterocycles. The highest BCUT2D eigenvalue weighted by molar-refractivity contribution is 7.86. The van der Waals surface area contributed by atoms with E-state index in [1.807, 2.05) is 0 Å². The minimum atomic E-state index is -4.61. The molecule has 2 aliphatic rings. The van der Waals surface area contributed by atoms with E-state index in [9.17, 15) is 25.9 Å². The molecule has 0 aliphatic carbocycles. The lowest BCUT2D eigenvalue weighted by atomic mass is 10.3. The first-order valence-electron chi connectivity index (χ1n) is 12.4. The quantitative estimate of drug-likeness (QED) is 0.382. The summed E-state index contributed by atoms with van der Waals surface area (Å²) < 4.78 is 65.2. The predicted molar refractivity (Wildman–Crippen MR) is 132 cm³/mol. The number of nitrogens with zero attached hydrogens (tertiary/aromatic N) is 2. The zero-order chi connectivity index (χ0) is 25.9. The maximum absolute atomic E-state index is 10.4. The Labute approximate surface area is 207 Å². The lowest BCUT2D eigenvalue weighted by Crippen LogP contribution is -2.41. The third-order valence-electron chi connectivity index (χ3n) is 6.80.